The molecule has 7 heteroatoms. The third kappa shape index (κ3) is 4.09. The van der Waals surface area contributed by atoms with E-state index in [9.17, 15) is 9.59 Å². The highest BCUT2D eigenvalue weighted by atomic mass is 32.1. The van der Waals surface area contributed by atoms with Gasteiger partial charge in [0.05, 0.1) is 5.69 Å². The molecule has 0 unspecified atom stereocenters. The van der Waals surface area contributed by atoms with Crippen molar-refractivity contribution in [3.8, 4) is 10.6 Å². The van der Waals surface area contributed by atoms with E-state index in [1.807, 2.05) is 29.6 Å². The molecule has 2 aromatic heterocycles. The van der Waals surface area contributed by atoms with Gasteiger partial charge in [0, 0.05) is 60.5 Å². The van der Waals surface area contributed by atoms with Gasteiger partial charge in [0.25, 0.3) is 5.91 Å². The number of thiazole rings is 1. The van der Waals surface area contributed by atoms with E-state index in [1.54, 1.807) is 40.8 Å². The molecular formula is C21H20N4O2S. The molecule has 1 N–H and O–H groups in total. The maximum Gasteiger partial charge on any atom is 0.251 e. The third-order valence-electron chi connectivity index (χ3n) is 4.62. The minimum Gasteiger partial charge on any atom is -0.352 e. The van der Waals surface area contributed by atoms with E-state index in [0.29, 0.717) is 31.5 Å². The largest absolute Gasteiger partial charge is 0.352 e. The molecule has 1 fully saturated rings. The highest BCUT2D eigenvalue weighted by Crippen LogP contribution is 2.23. The number of rotatable bonds is 6. The van der Waals surface area contributed by atoms with Crippen LogP contribution in [0.4, 0.5) is 5.69 Å². The zero-order chi connectivity index (χ0) is 19.3. The number of anilines is 1. The Balaban J connectivity index is 1.34. The maximum absolute atomic E-state index is 12.5. The molecule has 4 rings (SSSR count). The minimum absolute atomic E-state index is 0.116. The van der Waals surface area contributed by atoms with Gasteiger partial charge in [0.2, 0.25) is 5.91 Å². The molecule has 2 amide bonds. The van der Waals surface area contributed by atoms with Crippen molar-refractivity contribution in [1.29, 1.82) is 0 Å². The fraction of sp³-hybridized carbons (Fsp3) is 0.238. The lowest BCUT2D eigenvalue weighted by atomic mass is 10.1. The van der Waals surface area contributed by atoms with Crippen LogP contribution in [-0.4, -0.2) is 34.9 Å². The average Bonchev–Trinajstić information content (AvgIpc) is 3.38. The molecule has 6 nitrogen and oxygen atoms in total. The fourth-order valence-electron chi connectivity index (χ4n) is 3.19. The zero-order valence-electron chi connectivity index (χ0n) is 15.3. The Hall–Kier alpha value is -3.06. The number of carbonyl (C=O) groups excluding carboxylic acids is 2. The number of benzene rings is 1. The molecule has 0 radical (unpaired) electrons. The lowest BCUT2D eigenvalue weighted by Crippen LogP contribution is -2.27. The van der Waals surface area contributed by atoms with Gasteiger partial charge in [-0.05, 0) is 36.8 Å². The van der Waals surface area contributed by atoms with Crippen LogP contribution in [0.25, 0.3) is 10.6 Å². The topological polar surface area (TPSA) is 75.2 Å². The number of hydrogen-bond donors (Lipinski definition) is 1. The number of carbonyl (C=O) groups is 2. The molecule has 0 bridgehead atoms. The summed E-state index contributed by atoms with van der Waals surface area (Å²) >= 11 is 1.57. The van der Waals surface area contributed by atoms with Gasteiger partial charge in [0.15, 0.2) is 0 Å². The summed E-state index contributed by atoms with van der Waals surface area (Å²) in [5, 5.41) is 5.87. The number of nitrogens with zero attached hydrogens (tertiary/aromatic N) is 3. The van der Waals surface area contributed by atoms with Crippen LogP contribution in [0, 0.1) is 0 Å². The molecule has 1 saturated heterocycles. The molecule has 28 heavy (non-hydrogen) atoms. The third-order valence-corrected chi connectivity index (χ3v) is 5.56. The number of hydrogen-bond acceptors (Lipinski definition) is 5. The second-order valence-electron chi connectivity index (χ2n) is 6.59. The Kier molecular flexibility index (Phi) is 5.43. The Bertz CT molecular complexity index is 987. The van der Waals surface area contributed by atoms with Crippen molar-refractivity contribution < 1.29 is 9.59 Å². The summed E-state index contributed by atoms with van der Waals surface area (Å²) in [5.41, 5.74) is 3.29. The molecule has 0 atom stereocenters. The lowest BCUT2D eigenvalue weighted by Gasteiger charge is -2.16. The maximum atomic E-state index is 12.5. The molecule has 142 valence electrons. The minimum atomic E-state index is -0.142. The van der Waals surface area contributed by atoms with Gasteiger partial charge in [0.1, 0.15) is 5.01 Å². The van der Waals surface area contributed by atoms with Crippen molar-refractivity contribution in [3.63, 3.8) is 0 Å². The number of pyridine rings is 1. The van der Waals surface area contributed by atoms with Gasteiger partial charge in [-0.15, -0.1) is 11.3 Å². The molecule has 1 aromatic carbocycles. The molecular weight excluding hydrogens is 372 g/mol. The van der Waals surface area contributed by atoms with Crippen LogP contribution in [-0.2, 0) is 11.2 Å². The summed E-state index contributed by atoms with van der Waals surface area (Å²) < 4.78 is 0. The van der Waals surface area contributed by atoms with Crippen LogP contribution in [0.3, 0.4) is 0 Å². The molecule has 1 aliphatic heterocycles. The van der Waals surface area contributed by atoms with Crippen molar-refractivity contribution in [2.45, 2.75) is 19.3 Å². The fourth-order valence-corrected chi connectivity index (χ4v) is 4.03. The highest BCUT2D eigenvalue weighted by molar-refractivity contribution is 7.13. The van der Waals surface area contributed by atoms with Crippen LogP contribution in [0.15, 0.2) is 54.2 Å². The van der Waals surface area contributed by atoms with Gasteiger partial charge >= 0.3 is 0 Å². The van der Waals surface area contributed by atoms with Gasteiger partial charge in [-0.25, -0.2) is 4.98 Å². The van der Waals surface area contributed by atoms with E-state index in [-0.39, 0.29) is 11.8 Å². The first-order valence-electron chi connectivity index (χ1n) is 9.24. The van der Waals surface area contributed by atoms with E-state index >= 15 is 0 Å². The normalized spacial score (nSPS) is 13.7. The first-order valence-corrected chi connectivity index (χ1v) is 10.1. The SMILES string of the molecule is O=C(NCCc1csc(-c2cccnc2)n1)c1cccc(N2CCCC2=O)c1. The van der Waals surface area contributed by atoms with Crippen molar-refractivity contribution in [3.05, 3.63) is 65.4 Å². The molecule has 0 aliphatic carbocycles. The molecule has 3 aromatic rings. The van der Waals surface area contributed by atoms with Gasteiger partial charge in [-0.3, -0.25) is 14.6 Å². The Labute approximate surface area is 167 Å². The lowest BCUT2D eigenvalue weighted by molar-refractivity contribution is -0.117. The number of amides is 2. The van der Waals surface area contributed by atoms with E-state index in [0.717, 1.165) is 28.4 Å². The molecule has 1 aliphatic rings. The predicted octanol–water partition coefficient (Wildman–Crippen LogP) is 3.30. The molecule has 0 spiro atoms. The van der Waals surface area contributed by atoms with Crippen molar-refractivity contribution >= 4 is 28.8 Å². The van der Waals surface area contributed by atoms with Crippen LogP contribution in [0.1, 0.15) is 28.9 Å². The van der Waals surface area contributed by atoms with Gasteiger partial charge in [-0.1, -0.05) is 6.07 Å². The first-order chi connectivity index (χ1) is 13.7. The van der Waals surface area contributed by atoms with Gasteiger partial charge < -0.3 is 10.2 Å². The Morgan fingerprint density at radius 3 is 2.96 bits per heavy atom. The summed E-state index contributed by atoms with van der Waals surface area (Å²) in [7, 11) is 0. The summed E-state index contributed by atoms with van der Waals surface area (Å²) in [4.78, 5) is 34.8. The molecule has 3 heterocycles. The summed E-state index contributed by atoms with van der Waals surface area (Å²) in [6.45, 7) is 1.22. The van der Waals surface area contributed by atoms with Crippen LogP contribution in [0.5, 0.6) is 0 Å². The standard InChI is InChI=1S/C21H20N4O2S/c26-19-7-3-11-25(19)18-6-1-4-15(12-18)20(27)23-10-8-17-14-28-21(24-17)16-5-2-9-22-13-16/h1-2,4-6,9,12-14H,3,7-8,10-11H2,(H,23,27). The zero-order valence-corrected chi connectivity index (χ0v) is 16.1. The number of aromatic nitrogens is 2. The highest BCUT2D eigenvalue weighted by Gasteiger charge is 2.22. The van der Waals surface area contributed by atoms with Crippen LogP contribution in [0.2, 0.25) is 0 Å². The second kappa shape index (κ2) is 8.31. The predicted molar refractivity (Wildman–Crippen MR) is 109 cm³/mol. The summed E-state index contributed by atoms with van der Waals surface area (Å²) in [6, 6.07) is 11.1. The van der Waals surface area contributed by atoms with Crippen molar-refractivity contribution in [2.24, 2.45) is 0 Å². The second-order valence-corrected chi connectivity index (χ2v) is 7.45. The quantitative estimate of drug-likeness (QED) is 0.698. The van der Waals surface area contributed by atoms with Crippen molar-refractivity contribution in [1.82, 2.24) is 15.3 Å². The van der Waals surface area contributed by atoms with Crippen LogP contribution < -0.4 is 10.2 Å². The van der Waals surface area contributed by atoms with E-state index in [2.05, 4.69) is 15.3 Å². The summed E-state index contributed by atoms with van der Waals surface area (Å²) in [6.07, 6.45) is 5.63. The van der Waals surface area contributed by atoms with Crippen LogP contribution >= 0.6 is 11.3 Å². The monoisotopic (exact) mass is 392 g/mol. The smallest absolute Gasteiger partial charge is 0.251 e. The number of nitrogens with one attached hydrogen (secondary N) is 1. The Morgan fingerprint density at radius 1 is 1.25 bits per heavy atom. The van der Waals surface area contributed by atoms with Gasteiger partial charge in [-0.2, -0.15) is 0 Å². The van der Waals surface area contributed by atoms with E-state index in [1.165, 1.54) is 0 Å². The van der Waals surface area contributed by atoms with Crippen molar-refractivity contribution in [2.75, 3.05) is 18.0 Å². The first kappa shape index (κ1) is 18.3. The summed E-state index contributed by atoms with van der Waals surface area (Å²) in [5.74, 6) is -0.0262. The Morgan fingerprint density at radius 2 is 2.18 bits per heavy atom. The average molecular weight is 392 g/mol. The van der Waals surface area contributed by atoms with E-state index in [4.69, 9.17) is 0 Å². The molecule has 0 saturated carbocycles. The van der Waals surface area contributed by atoms with E-state index < -0.39 is 0 Å².